The Bertz CT molecular complexity index is 397. The monoisotopic (exact) mass is 264 g/mol. The first-order valence-electron chi connectivity index (χ1n) is 6.96. The number of benzene rings is 1. The van der Waals surface area contributed by atoms with E-state index in [9.17, 15) is 0 Å². The normalized spacial score (nSPS) is 23.4. The van der Waals surface area contributed by atoms with E-state index >= 15 is 0 Å². The van der Waals surface area contributed by atoms with E-state index in [1.165, 1.54) is 12.1 Å². The molecular weight excluding hydrogens is 240 g/mol. The van der Waals surface area contributed by atoms with E-state index in [0.717, 1.165) is 18.8 Å². The molecule has 0 spiro atoms. The molecule has 0 aliphatic carbocycles. The highest BCUT2D eigenvalue weighted by Crippen LogP contribution is 2.26. The zero-order valence-corrected chi connectivity index (χ0v) is 11.8. The summed E-state index contributed by atoms with van der Waals surface area (Å²) in [6, 6.07) is 8.66. The number of hydrogen-bond donors (Lipinski definition) is 2. The van der Waals surface area contributed by atoms with Crippen LogP contribution in [-0.2, 0) is 0 Å². The fraction of sp³-hybridized carbons (Fsp3) is 0.600. The number of aliphatic hydroxyl groups is 1. The predicted octanol–water partition coefficient (Wildman–Crippen LogP) is 1.49. The van der Waals surface area contributed by atoms with Gasteiger partial charge in [0.1, 0.15) is 5.75 Å². The van der Waals surface area contributed by atoms with Gasteiger partial charge in [0, 0.05) is 37.4 Å². The minimum absolute atomic E-state index is 0.198. The number of aliphatic hydroxyl groups excluding tert-OH is 1. The van der Waals surface area contributed by atoms with Crippen molar-refractivity contribution in [3.8, 4) is 5.75 Å². The highest BCUT2D eigenvalue weighted by atomic mass is 16.5. The second-order valence-electron chi connectivity index (χ2n) is 5.32. The number of anilines is 1. The summed E-state index contributed by atoms with van der Waals surface area (Å²) < 4.78 is 5.29. The van der Waals surface area contributed by atoms with Crippen molar-refractivity contribution in [3.63, 3.8) is 0 Å². The third kappa shape index (κ3) is 3.85. The first kappa shape index (κ1) is 14.2. The van der Waals surface area contributed by atoms with Gasteiger partial charge >= 0.3 is 0 Å². The molecular formula is C15H24N2O2. The van der Waals surface area contributed by atoms with Crippen LogP contribution in [0.2, 0.25) is 0 Å². The van der Waals surface area contributed by atoms with Crippen molar-refractivity contribution < 1.29 is 9.84 Å². The molecule has 0 bridgehead atoms. The molecule has 1 saturated heterocycles. The van der Waals surface area contributed by atoms with E-state index in [0.29, 0.717) is 18.5 Å². The van der Waals surface area contributed by atoms with Crippen LogP contribution >= 0.6 is 0 Å². The average Bonchev–Trinajstić information content (AvgIpc) is 2.44. The Morgan fingerprint density at radius 1 is 1.42 bits per heavy atom. The summed E-state index contributed by atoms with van der Waals surface area (Å²) in [7, 11) is 1.70. The molecule has 1 aromatic rings. The van der Waals surface area contributed by atoms with Crippen LogP contribution in [0.15, 0.2) is 24.3 Å². The summed E-state index contributed by atoms with van der Waals surface area (Å²) in [5, 5.41) is 12.3. The van der Waals surface area contributed by atoms with E-state index < -0.39 is 0 Å². The molecule has 0 amide bonds. The Morgan fingerprint density at radius 3 is 3.00 bits per heavy atom. The van der Waals surface area contributed by atoms with Crippen LogP contribution in [0.5, 0.6) is 5.75 Å². The molecule has 2 N–H and O–H groups in total. The molecule has 2 unspecified atom stereocenters. The second kappa shape index (κ2) is 6.78. The molecule has 0 radical (unpaired) electrons. The van der Waals surface area contributed by atoms with E-state index in [1.54, 1.807) is 7.11 Å². The summed E-state index contributed by atoms with van der Waals surface area (Å²) in [4.78, 5) is 2.39. The molecule has 2 rings (SSSR count). The van der Waals surface area contributed by atoms with Crippen molar-refractivity contribution in [2.45, 2.75) is 19.4 Å². The molecule has 1 heterocycles. The fourth-order valence-electron chi connectivity index (χ4n) is 2.79. The lowest BCUT2D eigenvalue weighted by Crippen LogP contribution is -2.49. The van der Waals surface area contributed by atoms with Gasteiger partial charge in [0.2, 0.25) is 0 Å². The van der Waals surface area contributed by atoms with Crippen molar-refractivity contribution in [3.05, 3.63) is 24.3 Å². The minimum atomic E-state index is 0.198. The Hall–Kier alpha value is -1.26. The predicted molar refractivity (Wildman–Crippen MR) is 77.9 cm³/mol. The van der Waals surface area contributed by atoms with Gasteiger partial charge in [0.05, 0.1) is 13.7 Å². The number of hydrogen-bond acceptors (Lipinski definition) is 4. The number of methoxy groups -OCH3 is 1. The summed E-state index contributed by atoms with van der Waals surface area (Å²) in [6.45, 7) is 5.20. The zero-order chi connectivity index (χ0) is 13.7. The Balaban J connectivity index is 2.05. The van der Waals surface area contributed by atoms with Gasteiger partial charge in [-0.15, -0.1) is 0 Å². The molecule has 2 atom stereocenters. The molecule has 1 aliphatic heterocycles. The van der Waals surface area contributed by atoms with Crippen molar-refractivity contribution in [2.24, 2.45) is 5.92 Å². The van der Waals surface area contributed by atoms with Crippen LogP contribution in [0.4, 0.5) is 5.69 Å². The number of rotatable bonds is 5. The van der Waals surface area contributed by atoms with Gasteiger partial charge in [0.25, 0.3) is 0 Å². The Labute approximate surface area is 115 Å². The Morgan fingerprint density at radius 2 is 2.26 bits per heavy atom. The van der Waals surface area contributed by atoms with Crippen LogP contribution in [0.3, 0.4) is 0 Å². The SMILES string of the molecule is COc1cccc(N2CC(C)CC(NCCO)C2)c1. The minimum Gasteiger partial charge on any atom is -0.497 e. The zero-order valence-electron chi connectivity index (χ0n) is 11.8. The summed E-state index contributed by atoms with van der Waals surface area (Å²) >= 11 is 0. The van der Waals surface area contributed by atoms with Crippen molar-refractivity contribution in [2.75, 3.05) is 38.3 Å². The summed E-state index contributed by atoms with van der Waals surface area (Å²) in [5.74, 6) is 1.55. The maximum Gasteiger partial charge on any atom is 0.120 e. The maximum atomic E-state index is 8.92. The number of nitrogens with zero attached hydrogens (tertiary/aromatic N) is 1. The van der Waals surface area contributed by atoms with Crippen molar-refractivity contribution in [1.82, 2.24) is 5.32 Å². The van der Waals surface area contributed by atoms with E-state index in [-0.39, 0.29) is 6.61 Å². The first-order chi connectivity index (χ1) is 9.22. The highest BCUT2D eigenvalue weighted by molar-refractivity contribution is 5.51. The lowest BCUT2D eigenvalue weighted by Gasteiger charge is -2.38. The Kier molecular flexibility index (Phi) is 5.05. The molecule has 19 heavy (non-hydrogen) atoms. The third-order valence-electron chi connectivity index (χ3n) is 3.62. The van der Waals surface area contributed by atoms with Gasteiger partial charge in [-0.2, -0.15) is 0 Å². The topological polar surface area (TPSA) is 44.7 Å². The second-order valence-corrected chi connectivity index (χ2v) is 5.32. The smallest absolute Gasteiger partial charge is 0.120 e. The van der Waals surface area contributed by atoms with Crippen molar-refractivity contribution >= 4 is 5.69 Å². The van der Waals surface area contributed by atoms with Crippen LogP contribution in [-0.4, -0.2) is 44.5 Å². The van der Waals surface area contributed by atoms with Gasteiger partial charge in [-0.25, -0.2) is 0 Å². The average molecular weight is 264 g/mol. The summed E-state index contributed by atoms with van der Waals surface area (Å²) in [6.07, 6.45) is 1.17. The van der Waals surface area contributed by atoms with Gasteiger partial charge < -0.3 is 20.1 Å². The standard InChI is InChI=1S/C15H24N2O2/c1-12-8-13(16-6-7-18)11-17(10-12)14-4-3-5-15(9-14)19-2/h3-5,9,12-13,16,18H,6-8,10-11H2,1-2H3. The van der Waals surface area contributed by atoms with Gasteiger partial charge in [-0.3, -0.25) is 0 Å². The van der Waals surface area contributed by atoms with Gasteiger partial charge in [0.15, 0.2) is 0 Å². The lowest BCUT2D eigenvalue weighted by atomic mass is 9.95. The first-order valence-corrected chi connectivity index (χ1v) is 6.96. The van der Waals surface area contributed by atoms with E-state index in [4.69, 9.17) is 9.84 Å². The molecule has 4 heteroatoms. The third-order valence-corrected chi connectivity index (χ3v) is 3.62. The van der Waals surface area contributed by atoms with E-state index in [1.807, 2.05) is 12.1 Å². The molecule has 1 aliphatic rings. The molecule has 1 fully saturated rings. The number of piperidine rings is 1. The molecule has 0 saturated carbocycles. The van der Waals surface area contributed by atoms with Crippen LogP contribution < -0.4 is 15.0 Å². The molecule has 1 aromatic carbocycles. The number of nitrogens with one attached hydrogen (secondary N) is 1. The van der Waals surface area contributed by atoms with Gasteiger partial charge in [-0.1, -0.05) is 13.0 Å². The maximum absolute atomic E-state index is 8.92. The van der Waals surface area contributed by atoms with Crippen LogP contribution in [0.1, 0.15) is 13.3 Å². The lowest BCUT2D eigenvalue weighted by molar-refractivity contribution is 0.269. The molecule has 4 nitrogen and oxygen atoms in total. The highest BCUT2D eigenvalue weighted by Gasteiger charge is 2.24. The quantitative estimate of drug-likeness (QED) is 0.846. The van der Waals surface area contributed by atoms with Gasteiger partial charge in [-0.05, 0) is 24.5 Å². The van der Waals surface area contributed by atoms with Crippen LogP contribution in [0.25, 0.3) is 0 Å². The molecule has 106 valence electrons. The largest absolute Gasteiger partial charge is 0.497 e. The summed E-state index contributed by atoms with van der Waals surface area (Å²) in [5.41, 5.74) is 1.21. The van der Waals surface area contributed by atoms with Crippen molar-refractivity contribution in [1.29, 1.82) is 0 Å². The number of ether oxygens (including phenoxy) is 1. The fourth-order valence-corrected chi connectivity index (χ4v) is 2.79. The molecule has 0 aromatic heterocycles. The van der Waals surface area contributed by atoms with E-state index in [2.05, 4.69) is 29.3 Å². The van der Waals surface area contributed by atoms with Crippen LogP contribution in [0, 0.1) is 5.92 Å².